The number of nitrogens with zero attached hydrogens (tertiary/aromatic N) is 1. The molecule has 1 aromatic carbocycles. The number of amides is 1. The molecular weight excluding hydrogens is 362 g/mol. The zero-order chi connectivity index (χ0) is 17.2. The van der Waals surface area contributed by atoms with Crippen LogP contribution < -0.4 is 0 Å². The number of hydrogen-bond acceptors (Lipinski definition) is 4. The smallest absolute Gasteiger partial charge is 0.410 e. The van der Waals surface area contributed by atoms with Crippen LogP contribution in [0.2, 0.25) is 0 Å². The second kappa shape index (κ2) is 7.01. The fourth-order valence-corrected chi connectivity index (χ4v) is 2.97. The molecule has 0 aromatic heterocycles. The summed E-state index contributed by atoms with van der Waals surface area (Å²) in [6, 6.07) is 7.22. The van der Waals surface area contributed by atoms with Crippen molar-refractivity contribution in [2.24, 2.45) is 5.92 Å². The van der Waals surface area contributed by atoms with Crippen LogP contribution in [-0.2, 0) is 9.53 Å². The lowest BCUT2D eigenvalue weighted by Gasteiger charge is -2.35. The van der Waals surface area contributed by atoms with Crippen LogP contribution in [0.15, 0.2) is 28.7 Å². The van der Waals surface area contributed by atoms with E-state index in [4.69, 9.17) is 4.74 Å². The highest BCUT2D eigenvalue weighted by molar-refractivity contribution is 9.10. The summed E-state index contributed by atoms with van der Waals surface area (Å²) in [4.78, 5) is 25.9. The molecule has 2 atom stereocenters. The molecule has 1 aliphatic heterocycles. The Morgan fingerprint density at radius 1 is 1.43 bits per heavy atom. The first-order chi connectivity index (χ1) is 10.7. The van der Waals surface area contributed by atoms with Crippen LogP contribution in [0.4, 0.5) is 4.79 Å². The minimum atomic E-state index is -0.940. The van der Waals surface area contributed by atoms with E-state index >= 15 is 0 Å². The van der Waals surface area contributed by atoms with Crippen LogP contribution in [0.25, 0.3) is 0 Å². The summed E-state index contributed by atoms with van der Waals surface area (Å²) in [6.45, 7) is 5.90. The lowest BCUT2D eigenvalue weighted by atomic mass is 9.87. The molecule has 6 heteroatoms. The van der Waals surface area contributed by atoms with Crippen molar-refractivity contribution in [1.82, 2.24) is 4.90 Å². The summed E-state index contributed by atoms with van der Waals surface area (Å²) in [5.41, 5.74) is 0.0699. The molecule has 1 saturated heterocycles. The number of likely N-dealkylation sites (tertiary alicyclic amines) is 1. The summed E-state index contributed by atoms with van der Waals surface area (Å²) in [7, 11) is 0. The molecule has 0 saturated carbocycles. The highest BCUT2D eigenvalue weighted by Crippen LogP contribution is 2.29. The number of aliphatic hydroxyl groups excluding tert-OH is 1. The summed E-state index contributed by atoms with van der Waals surface area (Å²) in [6.07, 6.45) is -1.16. The number of hydrogen-bond donors (Lipinski definition) is 1. The SMILES string of the molecule is CC(C)(C)OC(=O)N1CCC(=O)[C@@H]([C@H](O)c2cccc(Br)c2)C1. The predicted octanol–water partition coefficient (Wildman–Crippen LogP) is 3.31. The Morgan fingerprint density at radius 2 is 2.13 bits per heavy atom. The van der Waals surface area contributed by atoms with Gasteiger partial charge >= 0.3 is 6.09 Å². The highest BCUT2D eigenvalue weighted by Gasteiger charge is 2.36. The fraction of sp³-hybridized carbons (Fsp3) is 0.529. The molecule has 2 rings (SSSR count). The first-order valence-electron chi connectivity index (χ1n) is 7.61. The van der Waals surface area contributed by atoms with Crippen molar-refractivity contribution in [3.63, 3.8) is 0 Å². The maximum absolute atomic E-state index is 12.2. The van der Waals surface area contributed by atoms with Crippen molar-refractivity contribution < 1.29 is 19.4 Å². The number of ketones is 1. The second-order valence-corrected chi connectivity index (χ2v) is 7.66. The molecule has 0 spiro atoms. The number of carbonyl (C=O) groups excluding carboxylic acids is 2. The van der Waals surface area contributed by atoms with Gasteiger partial charge in [0, 0.05) is 24.0 Å². The van der Waals surface area contributed by atoms with E-state index in [1.165, 1.54) is 4.90 Å². The molecule has 0 bridgehead atoms. The number of halogens is 1. The quantitative estimate of drug-likeness (QED) is 0.850. The van der Waals surface area contributed by atoms with Gasteiger partial charge in [0.15, 0.2) is 0 Å². The number of benzene rings is 1. The Labute approximate surface area is 144 Å². The lowest BCUT2D eigenvalue weighted by molar-refractivity contribution is -0.130. The van der Waals surface area contributed by atoms with E-state index < -0.39 is 23.7 Å². The van der Waals surface area contributed by atoms with E-state index in [2.05, 4.69) is 15.9 Å². The minimum Gasteiger partial charge on any atom is -0.444 e. The zero-order valence-electron chi connectivity index (χ0n) is 13.6. The zero-order valence-corrected chi connectivity index (χ0v) is 15.2. The van der Waals surface area contributed by atoms with Gasteiger partial charge in [-0.15, -0.1) is 0 Å². The van der Waals surface area contributed by atoms with Crippen LogP contribution in [0.1, 0.15) is 38.9 Å². The summed E-state index contributed by atoms with van der Waals surface area (Å²) >= 11 is 3.36. The van der Waals surface area contributed by atoms with Crippen molar-refractivity contribution in [2.45, 2.75) is 38.9 Å². The van der Waals surface area contributed by atoms with Crippen molar-refractivity contribution in [3.8, 4) is 0 Å². The van der Waals surface area contributed by atoms with Gasteiger partial charge in [0.1, 0.15) is 11.4 Å². The minimum absolute atomic E-state index is 0.0303. The molecule has 1 aromatic rings. The third kappa shape index (κ3) is 4.78. The van der Waals surface area contributed by atoms with Crippen LogP contribution >= 0.6 is 15.9 Å². The fourth-order valence-electron chi connectivity index (χ4n) is 2.55. The van der Waals surface area contributed by atoms with Crippen LogP contribution in [-0.4, -0.2) is 40.6 Å². The third-order valence-corrected chi connectivity index (χ3v) is 4.18. The second-order valence-electron chi connectivity index (χ2n) is 6.75. The predicted molar refractivity (Wildman–Crippen MR) is 90.0 cm³/mol. The first-order valence-corrected chi connectivity index (χ1v) is 8.41. The van der Waals surface area contributed by atoms with E-state index in [9.17, 15) is 14.7 Å². The molecule has 0 radical (unpaired) electrons. The average Bonchev–Trinajstić information content (AvgIpc) is 2.45. The van der Waals surface area contributed by atoms with Crippen molar-refractivity contribution in [1.29, 1.82) is 0 Å². The van der Waals surface area contributed by atoms with Gasteiger partial charge in [-0.2, -0.15) is 0 Å². The molecular formula is C17H22BrNO4. The van der Waals surface area contributed by atoms with E-state index in [1.807, 2.05) is 12.1 Å². The topological polar surface area (TPSA) is 66.8 Å². The van der Waals surface area contributed by atoms with Gasteiger partial charge in [-0.05, 0) is 38.5 Å². The molecule has 0 unspecified atom stereocenters. The number of aliphatic hydroxyl groups is 1. The largest absolute Gasteiger partial charge is 0.444 e. The standard InChI is InChI=1S/C17H22BrNO4/c1-17(2,3)23-16(22)19-8-7-14(20)13(10-19)15(21)11-5-4-6-12(18)9-11/h4-6,9,13,15,21H,7-8,10H2,1-3H3/t13-,15+/m0/s1. The van der Waals surface area contributed by atoms with E-state index in [0.717, 1.165) is 4.47 Å². The number of ether oxygens (including phenoxy) is 1. The number of rotatable bonds is 2. The Morgan fingerprint density at radius 3 is 2.74 bits per heavy atom. The summed E-state index contributed by atoms with van der Waals surface area (Å²) in [5.74, 6) is -0.664. The van der Waals surface area contributed by atoms with Gasteiger partial charge < -0.3 is 14.7 Å². The molecule has 1 amide bonds. The van der Waals surface area contributed by atoms with Gasteiger partial charge in [0.25, 0.3) is 0 Å². The lowest BCUT2D eigenvalue weighted by Crippen LogP contribution is -2.47. The van der Waals surface area contributed by atoms with E-state index in [0.29, 0.717) is 12.1 Å². The number of piperidine rings is 1. The summed E-state index contributed by atoms with van der Waals surface area (Å²) < 4.78 is 6.19. The molecule has 5 nitrogen and oxygen atoms in total. The molecule has 0 aliphatic carbocycles. The molecule has 1 N–H and O–H groups in total. The van der Waals surface area contributed by atoms with E-state index in [-0.39, 0.29) is 18.7 Å². The van der Waals surface area contributed by atoms with Crippen molar-refractivity contribution in [3.05, 3.63) is 34.3 Å². The molecule has 1 aliphatic rings. The molecule has 1 fully saturated rings. The van der Waals surface area contributed by atoms with Gasteiger partial charge in [0.2, 0.25) is 0 Å². The van der Waals surface area contributed by atoms with Crippen molar-refractivity contribution in [2.75, 3.05) is 13.1 Å². The Bertz CT molecular complexity index is 597. The first kappa shape index (κ1) is 17.9. The normalized spacial score (nSPS) is 20.3. The van der Waals surface area contributed by atoms with Gasteiger partial charge in [-0.25, -0.2) is 4.79 Å². The maximum Gasteiger partial charge on any atom is 0.410 e. The summed E-state index contributed by atoms with van der Waals surface area (Å²) in [5, 5.41) is 10.6. The van der Waals surface area contributed by atoms with E-state index in [1.54, 1.807) is 32.9 Å². The molecule has 23 heavy (non-hydrogen) atoms. The number of carbonyl (C=O) groups is 2. The monoisotopic (exact) mass is 383 g/mol. The van der Waals surface area contributed by atoms with Gasteiger partial charge in [0.05, 0.1) is 12.0 Å². The van der Waals surface area contributed by atoms with Crippen LogP contribution in [0.5, 0.6) is 0 Å². The number of Topliss-reactive ketones (excluding diaryl/α,β-unsaturated/α-hetero) is 1. The Hall–Kier alpha value is -1.40. The van der Waals surface area contributed by atoms with Crippen LogP contribution in [0.3, 0.4) is 0 Å². The average molecular weight is 384 g/mol. The van der Waals surface area contributed by atoms with Crippen molar-refractivity contribution >= 4 is 27.8 Å². The maximum atomic E-state index is 12.2. The van der Waals surface area contributed by atoms with Crippen LogP contribution in [0, 0.1) is 5.92 Å². The van der Waals surface area contributed by atoms with Gasteiger partial charge in [-0.3, -0.25) is 4.79 Å². The highest BCUT2D eigenvalue weighted by atomic mass is 79.9. The molecule has 126 valence electrons. The Kier molecular flexibility index (Phi) is 5.47. The third-order valence-electron chi connectivity index (χ3n) is 3.68. The van der Waals surface area contributed by atoms with Gasteiger partial charge in [-0.1, -0.05) is 28.1 Å². The Balaban J connectivity index is 2.11. The molecule has 1 heterocycles.